The highest BCUT2D eigenvalue weighted by Gasteiger charge is 2.32. The van der Waals surface area contributed by atoms with Gasteiger partial charge in [-0.25, -0.2) is 0 Å². The van der Waals surface area contributed by atoms with Crippen LogP contribution in [0.5, 0.6) is 0 Å². The quantitative estimate of drug-likeness (QED) is 0.416. The van der Waals surface area contributed by atoms with Gasteiger partial charge in [0.1, 0.15) is 0 Å². The Kier molecular flexibility index (Phi) is 3.48. The van der Waals surface area contributed by atoms with Crippen molar-refractivity contribution >= 4 is 17.3 Å². The van der Waals surface area contributed by atoms with Crippen molar-refractivity contribution in [2.45, 2.75) is 6.18 Å². The molecule has 1 aromatic rings. The van der Waals surface area contributed by atoms with E-state index in [1.807, 2.05) is 0 Å². The van der Waals surface area contributed by atoms with Gasteiger partial charge < -0.3 is 5.73 Å². The Morgan fingerprint density at radius 1 is 1.33 bits per heavy atom. The van der Waals surface area contributed by atoms with Crippen LogP contribution in [0.15, 0.2) is 18.2 Å². The first kappa shape index (κ1) is 11.7. The van der Waals surface area contributed by atoms with Crippen LogP contribution in [-0.4, -0.2) is 5.88 Å². The van der Waals surface area contributed by atoms with E-state index in [4.69, 9.17) is 17.3 Å². The lowest BCUT2D eigenvalue weighted by molar-refractivity contribution is -0.136. The molecule has 0 spiro atoms. The predicted molar refractivity (Wildman–Crippen MR) is 53.5 cm³/mol. The Balaban J connectivity index is 3.17. The van der Waals surface area contributed by atoms with E-state index in [0.717, 1.165) is 6.07 Å². The van der Waals surface area contributed by atoms with Crippen LogP contribution in [0.4, 0.5) is 18.9 Å². The van der Waals surface area contributed by atoms with Crippen molar-refractivity contribution in [3.8, 4) is 11.8 Å². The zero-order valence-electron chi connectivity index (χ0n) is 7.53. The molecule has 2 N–H and O–H groups in total. The number of alkyl halides is 4. The van der Waals surface area contributed by atoms with Crippen LogP contribution in [0.25, 0.3) is 0 Å². The van der Waals surface area contributed by atoms with Gasteiger partial charge in [-0.1, -0.05) is 11.8 Å². The van der Waals surface area contributed by atoms with Gasteiger partial charge in [-0.05, 0) is 18.2 Å². The van der Waals surface area contributed by atoms with Crippen LogP contribution < -0.4 is 5.73 Å². The fourth-order valence-corrected chi connectivity index (χ4v) is 1.08. The molecule has 1 aromatic carbocycles. The zero-order valence-corrected chi connectivity index (χ0v) is 8.28. The third-order valence-electron chi connectivity index (χ3n) is 1.66. The molecule has 15 heavy (non-hydrogen) atoms. The fourth-order valence-electron chi connectivity index (χ4n) is 1.02. The molecule has 0 saturated carbocycles. The average molecular weight is 234 g/mol. The molecular formula is C10H7ClF3N. The normalized spacial score (nSPS) is 10.7. The highest BCUT2D eigenvalue weighted by Crippen LogP contribution is 2.33. The lowest BCUT2D eigenvalue weighted by Crippen LogP contribution is -2.09. The number of benzene rings is 1. The van der Waals surface area contributed by atoms with Crippen LogP contribution >= 0.6 is 11.6 Å². The molecule has 0 saturated heterocycles. The number of hydrogen-bond acceptors (Lipinski definition) is 1. The first-order valence-electron chi connectivity index (χ1n) is 3.96. The van der Waals surface area contributed by atoms with Gasteiger partial charge in [-0.2, -0.15) is 13.2 Å². The van der Waals surface area contributed by atoms with E-state index in [-0.39, 0.29) is 17.1 Å². The van der Waals surface area contributed by atoms with Crippen molar-refractivity contribution in [3.63, 3.8) is 0 Å². The molecule has 0 amide bonds. The Labute approximate surface area is 90.0 Å². The second kappa shape index (κ2) is 4.45. The molecule has 0 aliphatic heterocycles. The maximum absolute atomic E-state index is 12.4. The summed E-state index contributed by atoms with van der Waals surface area (Å²) in [5, 5.41) is 0. The number of halogens is 4. The minimum absolute atomic E-state index is 0.0751. The molecule has 0 heterocycles. The summed E-state index contributed by atoms with van der Waals surface area (Å²) in [7, 11) is 0. The summed E-state index contributed by atoms with van der Waals surface area (Å²) in [6.45, 7) is 0. The lowest BCUT2D eigenvalue weighted by atomic mass is 10.1. The summed E-state index contributed by atoms with van der Waals surface area (Å²) in [4.78, 5) is 0. The van der Waals surface area contributed by atoms with Crippen molar-refractivity contribution in [3.05, 3.63) is 29.3 Å². The molecule has 1 nitrogen and oxygen atoms in total. The average Bonchev–Trinajstić information content (AvgIpc) is 2.15. The second-order valence-corrected chi connectivity index (χ2v) is 3.00. The van der Waals surface area contributed by atoms with E-state index in [2.05, 4.69) is 11.8 Å². The second-order valence-electron chi connectivity index (χ2n) is 2.74. The van der Waals surface area contributed by atoms with E-state index in [1.165, 1.54) is 12.1 Å². The van der Waals surface area contributed by atoms with Crippen LogP contribution in [0.3, 0.4) is 0 Å². The van der Waals surface area contributed by atoms with Gasteiger partial charge in [-0.15, -0.1) is 11.6 Å². The number of anilines is 1. The van der Waals surface area contributed by atoms with Gasteiger partial charge in [0, 0.05) is 11.3 Å². The van der Waals surface area contributed by atoms with E-state index < -0.39 is 11.7 Å². The van der Waals surface area contributed by atoms with Crippen molar-refractivity contribution in [2.75, 3.05) is 11.6 Å². The first-order valence-corrected chi connectivity index (χ1v) is 4.50. The predicted octanol–water partition coefficient (Wildman–Crippen LogP) is 2.88. The largest absolute Gasteiger partial charge is 0.418 e. The van der Waals surface area contributed by atoms with E-state index in [1.54, 1.807) is 0 Å². The first-order chi connectivity index (χ1) is 6.95. The van der Waals surface area contributed by atoms with Gasteiger partial charge >= 0.3 is 6.18 Å². The summed E-state index contributed by atoms with van der Waals surface area (Å²) < 4.78 is 37.2. The SMILES string of the molecule is Nc1ccc(C#CCCl)cc1C(F)(F)F. The molecule has 5 heteroatoms. The highest BCUT2D eigenvalue weighted by molar-refractivity contribution is 6.19. The summed E-state index contributed by atoms with van der Waals surface area (Å²) in [6.07, 6.45) is -4.46. The zero-order chi connectivity index (χ0) is 11.5. The topological polar surface area (TPSA) is 26.0 Å². The van der Waals surface area contributed by atoms with Gasteiger partial charge in [0.05, 0.1) is 11.4 Å². The van der Waals surface area contributed by atoms with Crippen LogP contribution in [0, 0.1) is 11.8 Å². The molecule has 0 aliphatic rings. The maximum Gasteiger partial charge on any atom is 0.418 e. The van der Waals surface area contributed by atoms with Crippen molar-refractivity contribution in [2.24, 2.45) is 0 Å². The Bertz CT molecular complexity index is 415. The number of rotatable bonds is 0. The highest BCUT2D eigenvalue weighted by atomic mass is 35.5. The molecule has 0 atom stereocenters. The number of nitrogens with two attached hydrogens (primary N) is 1. The van der Waals surface area contributed by atoms with Crippen molar-refractivity contribution in [1.29, 1.82) is 0 Å². The fraction of sp³-hybridized carbons (Fsp3) is 0.200. The molecule has 0 bridgehead atoms. The van der Waals surface area contributed by atoms with Gasteiger partial charge in [0.15, 0.2) is 0 Å². The van der Waals surface area contributed by atoms with Crippen LogP contribution in [0.1, 0.15) is 11.1 Å². The summed E-state index contributed by atoms with van der Waals surface area (Å²) in [5.74, 6) is 5.04. The van der Waals surface area contributed by atoms with E-state index in [0.29, 0.717) is 0 Å². The smallest absolute Gasteiger partial charge is 0.398 e. The molecule has 0 fully saturated rings. The van der Waals surface area contributed by atoms with Gasteiger partial charge in [0.2, 0.25) is 0 Å². The molecule has 0 aliphatic carbocycles. The molecule has 0 unspecified atom stereocenters. The van der Waals surface area contributed by atoms with Crippen LogP contribution in [-0.2, 0) is 6.18 Å². The maximum atomic E-state index is 12.4. The summed E-state index contributed by atoms with van der Waals surface area (Å²) in [5.41, 5.74) is 4.28. The third kappa shape index (κ3) is 3.07. The Morgan fingerprint density at radius 3 is 2.53 bits per heavy atom. The number of hydrogen-bond donors (Lipinski definition) is 1. The summed E-state index contributed by atoms with van der Waals surface area (Å²) >= 11 is 5.29. The van der Waals surface area contributed by atoms with Gasteiger partial charge in [-0.3, -0.25) is 0 Å². The Morgan fingerprint density at radius 2 is 2.00 bits per heavy atom. The van der Waals surface area contributed by atoms with E-state index in [9.17, 15) is 13.2 Å². The molecule has 80 valence electrons. The lowest BCUT2D eigenvalue weighted by Gasteiger charge is -2.09. The standard InChI is InChI=1S/C10H7ClF3N/c11-5-1-2-7-3-4-9(15)8(6-7)10(12,13)14/h3-4,6H,5,15H2. The molecular weight excluding hydrogens is 227 g/mol. The van der Waals surface area contributed by atoms with Crippen molar-refractivity contribution < 1.29 is 13.2 Å². The molecule has 1 rings (SSSR count). The summed E-state index contributed by atoms with van der Waals surface area (Å²) in [6, 6.07) is 3.51. The number of nitrogen functional groups attached to an aromatic ring is 1. The minimum Gasteiger partial charge on any atom is -0.398 e. The van der Waals surface area contributed by atoms with Gasteiger partial charge in [0.25, 0.3) is 0 Å². The van der Waals surface area contributed by atoms with E-state index >= 15 is 0 Å². The molecule has 0 radical (unpaired) electrons. The van der Waals surface area contributed by atoms with Crippen molar-refractivity contribution in [1.82, 2.24) is 0 Å². The molecule has 0 aromatic heterocycles. The third-order valence-corrected chi connectivity index (χ3v) is 1.79. The Hall–Kier alpha value is -1.34. The van der Waals surface area contributed by atoms with Crippen LogP contribution in [0.2, 0.25) is 0 Å². The minimum atomic E-state index is -4.46. The monoisotopic (exact) mass is 233 g/mol.